The van der Waals surface area contributed by atoms with E-state index in [0.717, 1.165) is 41.2 Å². The van der Waals surface area contributed by atoms with Crippen LogP contribution in [0.3, 0.4) is 0 Å². The number of benzene rings is 2. The molecule has 28 heavy (non-hydrogen) atoms. The zero-order chi connectivity index (χ0) is 19.3. The average Bonchev–Trinajstić information content (AvgIpc) is 3.06. The Labute approximate surface area is 164 Å². The van der Waals surface area contributed by atoms with Gasteiger partial charge in [0.2, 0.25) is 0 Å². The van der Waals surface area contributed by atoms with Gasteiger partial charge in [0.15, 0.2) is 5.96 Å². The van der Waals surface area contributed by atoms with Gasteiger partial charge in [0.25, 0.3) is 0 Å². The van der Waals surface area contributed by atoms with Gasteiger partial charge in [-0.3, -0.25) is 9.98 Å². The van der Waals surface area contributed by atoms with Crippen LogP contribution in [0.25, 0.3) is 21.9 Å². The minimum atomic E-state index is 0.593. The minimum absolute atomic E-state index is 0.593. The van der Waals surface area contributed by atoms with E-state index in [-0.39, 0.29) is 0 Å². The molecule has 0 aliphatic heterocycles. The highest BCUT2D eigenvalue weighted by molar-refractivity contribution is 5.83. The predicted octanol–water partition coefficient (Wildman–Crippen LogP) is 4.20. The smallest absolute Gasteiger partial charge is 0.191 e. The lowest BCUT2D eigenvalue weighted by Crippen LogP contribution is -2.37. The number of pyridine rings is 1. The van der Waals surface area contributed by atoms with E-state index in [1.165, 1.54) is 16.5 Å². The number of nitrogens with one attached hydrogen (secondary N) is 2. The van der Waals surface area contributed by atoms with E-state index in [1.54, 1.807) is 7.05 Å². The van der Waals surface area contributed by atoms with Gasteiger partial charge in [0, 0.05) is 36.1 Å². The highest BCUT2D eigenvalue weighted by Crippen LogP contribution is 2.24. The van der Waals surface area contributed by atoms with Crippen molar-refractivity contribution in [2.75, 3.05) is 13.6 Å². The SMILES string of the molecule is CN=C(NCCc1cccc2cccnc12)NCc1oc2ccccc2c1C. The van der Waals surface area contributed by atoms with Crippen LogP contribution in [0.4, 0.5) is 0 Å². The fraction of sp³-hybridized carbons (Fsp3) is 0.217. The van der Waals surface area contributed by atoms with Crippen LogP contribution < -0.4 is 10.6 Å². The molecule has 142 valence electrons. The number of guanidine groups is 1. The van der Waals surface area contributed by atoms with Gasteiger partial charge in [-0.25, -0.2) is 0 Å². The molecule has 0 amide bonds. The molecule has 0 atom stereocenters. The topological polar surface area (TPSA) is 62.5 Å². The molecule has 0 saturated heterocycles. The lowest BCUT2D eigenvalue weighted by atomic mass is 10.1. The highest BCUT2D eigenvalue weighted by atomic mass is 16.3. The molecule has 0 bridgehead atoms. The lowest BCUT2D eigenvalue weighted by molar-refractivity contribution is 0.534. The maximum Gasteiger partial charge on any atom is 0.191 e. The molecule has 2 heterocycles. The van der Waals surface area contributed by atoms with Crippen molar-refractivity contribution in [1.29, 1.82) is 0 Å². The van der Waals surface area contributed by atoms with E-state index in [2.05, 4.69) is 57.9 Å². The Morgan fingerprint density at radius 2 is 1.89 bits per heavy atom. The summed E-state index contributed by atoms with van der Waals surface area (Å²) >= 11 is 0. The molecule has 5 nitrogen and oxygen atoms in total. The molecular formula is C23H24N4O. The number of rotatable bonds is 5. The van der Waals surface area contributed by atoms with Gasteiger partial charge < -0.3 is 15.1 Å². The maximum absolute atomic E-state index is 5.96. The number of hydrogen-bond acceptors (Lipinski definition) is 3. The van der Waals surface area contributed by atoms with Gasteiger partial charge in [-0.1, -0.05) is 42.5 Å². The summed E-state index contributed by atoms with van der Waals surface area (Å²) in [4.78, 5) is 8.84. The summed E-state index contributed by atoms with van der Waals surface area (Å²) in [7, 11) is 1.78. The Kier molecular flexibility index (Phi) is 5.24. The summed E-state index contributed by atoms with van der Waals surface area (Å²) in [6, 6.07) is 18.5. The summed E-state index contributed by atoms with van der Waals surface area (Å²) in [6.07, 6.45) is 2.72. The Balaban J connectivity index is 1.36. The van der Waals surface area contributed by atoms with Crippen LogP contribution in [0.5, 0.6) is 0 Å². The number of para-hydroxylation sites is 2. The molecule has 0 radical (unpaired) electrons. The third-order valence-electron chi connectivity index (χ3n) is 4.99. The average molecular weight is 372 g/mol. The Morgan fingerprint density at radius 1 is 1.04 bits per heavy atom. The molecule has 0 unspecified atom stereocenters. The van der Waals surface area contributed by atoms with Crippen LogP contribution in [-0.2, 0) is 13.0 Å². The van der Waals surface area contributed by atoms with E-state index in [9.17, 15) is 0 Å². The minimum Gasteiger partial charge on any atom is -0.459 e. The van der Waals surface area contributed by atoms with Gasteiger partial charge in [-0.2, -0.15) is 0 Å². The maximum atomic E-state index is 5.96. The van der Waals surface area contributed by atoms with E-state index < -0.39 is 0 Å². The van der Waals surface area contributed by atoms with Crippen LogP contribution in [0, 0.1) is 6.92 Å². The van der Waals surface area contributed by atoms with Crippen molar-refractivity contribution in [1.82, 2.24) is 15.6 Å². The van der Waals surface area contributed by atoms with E-state index in [0.29, 0.717) is 6.54 Å². The van der Waals surface area contributed by atoms with Crippen molar-refractivity contribution in [3.63, 3.8) is 0 Å². The summed E-state index contributed by atoms with van der Waals surface area (Å²) in [5, 5.41) is 9.04. The molecule has 5 heteroatoms. The molecule has 4 rings (SSSR count). The zero-order valence-electron chi connectivity index (χ0n) is 16.2. The van der Waals surface area contributed by atoms with Crippen molar-refractivity contribution in [3.8, 4) is 0 Å². The first-order valence-electron chi connectivity index (χ1n) is 9.50. The van der Waals surface area contributed by atoms with E-state index in [1.807, 2.05) is 30.5 Å². The third kappa shape index (κ3) is 3.69. The largest absolute Gasteiger partial charge is 0.459 e. The zero-order valence-corrected chi connectivity index (χ0v) is 16.2. The first-order chi connectivity index (χ1) is 13.8. The van der Waals surface area contributed by atoms with E-state index in [4.69, 9.17) is 4.42 Å². The van der Waals surface area contributed by atoms with Gasteiger partial charge in [-0.05, 0) is 31.0 Å². The van der Waals surface area contributed by atoms with Crippen molar-refractivity contribution in [3.05, 3.63) is 77.7 Å². The molecule has 0 aliphatic carbocycles. The fourth-order valence-corrected chi connectivity index (χ4v) is 3.46. The van der Waals surface area contributed by atoms with Crippen LogP contribution in [-0.4, -0.2) is 24.5 Å². The number of aliphatic imine (C=N–C) groups is 1. The molecule has 2 N–H and O–H groups in total. The van der Waals surface area contributed by atoms with Gasteiger partial charge in [-0.15, -0.1) is 0 Å². The number of hydrogen-bond donors (Lipinski definition) is 2. The number of aromatic nitrogens is 1. The quantitative estimate of drug-likeness (QED) is 0.407. The van der Waals surface area contributed by atoms with Crippen molar-refractivity contribution in [2.24, 2.45) is 4.99 Å². The van der Waals surface area contributed by atoms with Gasteiger partial charge in [0.05, 0.1) is 12.1 Å². The summed E-state index contributed by atoms with van der Waals surface area (Å²) < 4.78 is 5.96. The number of fused-ring (bicyclic) bond motifs is 2. The summed E-state index contributed by atoms with van der Waals surface area (Å²) in [6.45, 7) is 3.46. The van der Waals surface area contributed by atoms with Crippen LogP contribution in [0.2, 0.25) is 0 Å². The summed E-state index contributed by atoms with van der Waals surface area (Å²) in [5.41, 5.74) is 4.38. The number of furan rings is 1. The highest BCUT2D eigenvalue weighted by Gasteiger charge is 2.10. The first kappa shape index (κ1) is 18.0. The molecular weight excluding hydrogens is 348 g/mol. The summed E-state index contributed by atoms with van der Waals surface area (Å²) in [5.74, 6) is 1.69. The monoisotopic (exact) mass is 372 g/mol. The molecule has 2 aromatic heterocycles. The van der Waals surface area contributed by atoms with Crippen molar-refractivity contribution in [2.45, 2.75) is 19.9 Å². The second-order valence-corrected chi connectivity index (χ2v) is 6.74. The number of nitrogens with zero attached hydrogens (tertiary/aromatic N) is 2. The van der Waals surface area contributed by atoms with Gasteiger partial charge in [0.1, 0.15) is 11.3 Å². The fourth-order valence-electron chi connectivity index (χ4n) is 3.46. The number of aryl methyl sites for hydroxylation is 1. The molecule has 0 fully saturated rings. The molecule has 2 aromatic carbocycles. The first-order valence-corrected chi connectivity index (χ1v) is 9.50. The molecule has 0 spiro atoms. The van der Waals surface area contributed by atoms with Crippen molar-refractivity contribution >= 4 is 27.8 Å². The van der Waals surface area contributed by atoms with Crippen LogP contribution in [0.15, 0.2) is 70.2 Å². The van der Waals surface area contributed by atoms with Crippen LogP contribution in [0.1, 0.15) is 16.9 Å². The van der Waals surface area contributed by atoms with Gasteiger partial charge >= 0.3 is 0 Å². The third-order valence-corrected chi connectivity index (χ3v) is 4.99. The van der Waals surface area contributed by atoms with Crippen LogP contribution >= 0.6 is 0 Å². The Morgan fingerprint density at radius 3 is 2.75 bits per heavy atom. The van der Waals surface area contributed by atoms with E-state index >= 15 is 0 Å². The molecule has 4 aromatic rings. The Hall–Kier alpha value is -3.34. The standard InChI is InChI=1S/C23H24N4O/c1-16-19-10-3-4-11-20(19)28-21(16)15-27-23(24-2)26-14-12-18-8-5-7-17-9-6-13-25-22(17)18/h3-11,13H,12,14-15H2,1-2H3,(H2,24,26,27). The Bertz CT molecular complexity index is 1120. The predicted molar refractivity (Wildman–Crippen MR) is 115 cm³/mol. The molecule has 0 aliphatic rings. The second kappa shape index (κ2) is 8.13. The molecule has 0 saturated carbocycles. The normalized spacial score (nSPS) is 11.9. The lowest BCUT2D eigenvalue weighted by Gasteiger charge is -2.12. The van der Waals surface area contributed by atoms with Crippen molar-refractivity contribution < 1.29 is 4.42 Å². The second-order valence-electron chi connectivity index (χ2n) is 6.74.